The molecule has 128 valence electrons. The highest BCUT2D eigenvalue weighted by molar-refractivity contribution is 5.92. The van der Waals surface area contributed by atoms with Crippen LogP contribution in [0.25, 0.3) is 0 Å². The number of benzene rings is 2. The normalized spacial score (nSPS) is 10.0. The Morgan fingerprint density at radius 2 is 1.92 bits per heavy atom. The van der Waals surface area contributed by atoms with Crippen LogP contribution >= 0.6 is 0 Å². The van der Waals surface area contributed by atoms with Gasteiger partial charge in [0, 0.05) is 18.3 Å². The minimum absolute atomic E-state index is 0.195. The fourth-order valence-corrected chi connectivity index (χ4v) is 2.24. The number of hydrogen-bond acceptors (Lipinski definition) is 5. The molecular formula is C19H14FN5O. The van der Waals surface area contributed by atoms with Crippen LogP contribution < -0.4 is 10.6 Å². The standard InChI is InChI=1S/C19H14FN5O/c20-15-6-4-13(5-7-15)11-22-19(26)17-9-18(24-12-23-17)25-16-3-1-2-14(8-16)10-21/h1-9,12H,11H2,(H,22,26)(H,23,24,25). The van der Waals surface area contributed by atoms with E-state index >= 15 is 0 Å². The quantitative estimate of drug-likeness (QED) is 0.740. The van der Waals surface area contributed by atoms with E-state index in [0.29, 0.717) is 17.1 Å². The summed E-state index contributed by atoms with van der Waals surface area (Å²) in [7, 11) is 0. The molecule has 0 aliphatic rings. The van der Waals surface area contributed by atoms with E-state index in [0.717, 1.165) is 5.56 Å². The molecule has 0 fully saturated rings. The van der Waals surface area contributed by atoms with Crippen molar-refractivity contribution in [2.24, 2.45) is 0 Å². The number of halogens is 1. The number of nitrogens with one attached hydrogen (secondary N) is 2. The summed E-state index contributed by atoms with van der Waals surface area (Å²) in [5.74, 6) is -0.264. The first kappa shape index (κ1) is 17.0. The first-order valence-electron chi connectivity index (χ1n) is 7.76. The second-order valence-corrected chi connectivity index (χ2v) is 5.42. The predicted octanol–water partition coefficient (Wildman–Crippen LogP) is 3.16. The molecule has 1 heterocycles. The molecule has 0 bridgehead atoms. The Hall–Kier alpha value is -3.79. The van der Waals surface area contributed by atoms with Crippen molar-refractivity contribution in [1.82, 2.24) is 15.3 Å². The molecule has 2 N–H and O–H groups in total. The van der Waals surface area contributed by atoms with Gasteiger partial charge in [0.05, 0.1) is 11.6 Å². The predicted molar refractivity (Wildman–Crippen MR) is 94.0 cm³/mol. The van der Waals surface area contributed by atoms with E-state index in [2.05, 4.69) is 26.7 Å². The molecule has 0 aliphatic heterocycles. The van der Waals surface area contributed by atoms with Gasteiger partial charge in [0.25, 0.3) is 5.91 Å². The smallest absolute Gasteiger partial charge is 0.270 e. The summed E-state index contributed by atoms with van der Waals surface area (Å²) in [6.45, 7) is 0.260. The summed E-state index contributed by atoms with van der Waals surface area (Å²) >= 11 is 0. The Balaban J connectivity index is 1.67. The number of rotatable bonds is 5. The zero-order chi connectivity index (χ0) is 18.4. The van der Waals surface area contributed by atoms with E-state index in [4.69, 9.17) is 5.26 Å². The van der Waals surface area contributed by atoms with Crippen LogP contribution in [0.3, 0.4) is 0 Å². The molecule has 6 nitrogen and oxygen atoms in total. The van der Waals surface area contributed by atoms with E-state index in [1.807, 2.05) is 0 Å². The summed E-state index contributed by atoms with van der Waals surface area (Å²) in [4.78, 5) is 20.3. The molecule has 0 saturated carbocycles. The number of anilines is 2. The highest BCUT2D eigenvalue weighted by Gasteiger charge is 2.09. The third-order valence-electron chi connectivity index (χ3n) is 3.53. The lowest BCUT2D eigenvalue weighted by atomic mass is 10.2. The fourth-order valence-electron chi connectivity index (χ4n) is 2.24. The summed E-state index contributed by atoms with van der Waals surface area (Å²) in [5.41, 5.74) is 2.17. The lowest BCUT2D eigenvalue weighted by Crippen LogP contribution is -2.24. The number of nitrogens with zero attached hydrogens (tertiary/aromatic N) is 3. The number of carbonyl (C=O) groups is 1. The molecular weight excluding hydrogens is 333 g/mol. The second kappa shape index (κ2) is 7.85. The van der Waals surface area contributed by atoms with Gasteiger partial charge in [0.1, 0.15) is 23.7 Å². The maximum atomic E-state index is 12.9. The van der Waals surface area contributed by atoms with Crippen LogP contribution in [-0.2, 0) is 6.54 Å². The van der Waals surface area contributed by atoms with Gasteiger partial charge >= 0.3 is 0 Å². The first-order valence-corrected chi connectivity index (χ1v) is 7.76. The van der Waals surface area contributed by atoms with Gasteiger partial charge in [-0.2, -0.15) is 5.26 Å². The average molecular weight is 347 g/mol. The first-order chi connectivity index (χ1) is 12.6. The molecule has 1 amide bonds. The van der Waals surface area contributed by atoms with Crippen molar-refractivity contribution >= 4 is 17.4 Å². The molecule has 3 rings (SSSR count). The van der Waals surface area contributed by atoms with Crippen LogP contribution in [0.4, 0.5) is 15.9 Å². The van der Waals surface area contributed by atoms with Crippen LogP contribution in [0.15, 0.2) is 60.9 Å². The zero-order valence-electron chi connectivity index (χ0n) is 13.6. The van der Waals surface area contributed by atoms with Crippen molar-refractivity contribution < 1.29 is 9.18 Å². The van der Waals surface area contributed by atoms with Crippen LogP contribution in [0.5, 0.6) is 0 Å². The van der Waals surface area contributed by atoms with Crippen molar-refractivity contribution in [3.05, 3.63) is 83.6 Å². The third-order valence-corrected chi connectivity index (χ3v) is 3.53. The van der Waals surface area contributed by atoms with Crippen LogP contribution in [0.2, 0.25) is 0 Å². The monoisotopic (exact) mass is 347 g/mol. The maximum absolute atomic E-state index is 12.9. The van der Waals surface area contributed by atoms with E-state index in [9.17, 15) is 9.18 Å². The molecule has 0 spiro atoms. The molecule has 7 heteroatoms. The zero-order valence-corrected chi connectivity index (χ0v) is 13.6. The highest BCUT2D eigenvalue weighted by atomic mass is 19.1. The number of nitriles is 1. The Labute approximate surface area is 149 Å². The van der Waals surface area contributed by atoms with E-state index in [-0.39, 0.29) is 24.0 Å². The summed E-state index contributed by atoms with van der Waals surface area (Å²) < 4.78 is 12.9. The van der Waals surface area contributed by atoms with Crippen LogP contribution in [0.1, 0.15) is 21.6 Å². The van der Waals surface area contributed by atoms with E-state index in [1.165, 1.54) is 24.5 Å². The van der Waals surface area contributed by atoms with E-state index < -0.39 is 0 Å². The minimum Gasteiger partial charge on any atom is -0.347 e. The van der Waals surface area contributed by atoms with Gasteiger partial charge in [-0.3, -0.25) is 4.79 Å². The average Bonchev–Trinajstić information content (AvgIpc) is 2.67. The van der Waals surface area contributed by atoms with Gasteiger partial charge in [-0.15, -0.1) is 0 Å². The van der Waals surface area contributed by atoms with Crippen molar-refractivity contribution in [2.75, 3.05) is 5.32 Å². The van der Waals surface area contributed by atoms with E-state index in [1.54, 1.807) is 36.4 Å². The lowest BCUT2D eigenvalue weighted by molar-refractivity contribution is 0.0946. The number of amides is 1. The van der Waals surface area contributed by atoms with Crippen molar-refractivity contribution in [3.63, 3.8) is 0 Å². The summed E-state index contributed by atoms with van der Waals surface area (Å²) in [5, 5.41) is 14.7. The SMILES string of the molecule is N#Cc1cccc(Nc2cc(C(=O)NCc3ccc(F)cc3)ncn2)c1. The molecule has 0 aliphatic carbocycles. The van der Waals surface area contributed by atoms with Gasteiger partial charge < -0.3 is 10.6 Å². The Morgan fingerprint density at radius 1 is 1.12 bits per heavy atom. The summed E-state index contributed by atoms with van der Waals surface area (Å²) in [6.07, 6.45) is 1.28. The van der Waals surface area contributed by atoms with Crippen molar-refractivity contribution in [2.45, 2.75) is 6.54 Å². The third kappa shape index (κ3) is 4.39. The lowest BCUT2D eigenvalue weighted by Gasteiger charge is -2.08. The van der Waals surface area contributed by atoms with Gasteiger partial charge in [-0.1, -0.05) is 18.2 Å². The number of hydrogen-bond donors (Lipinski definition) is 2. The Bertz CT molecular complexity index is 966. The number of carbonyl (C=O) groups excluding carboxylic acids is 1. The van der Waals surface area contributed by atoms with Gasteiger partial charge in [0.2, 0.25) is 0 Å². The van der Waals surface area contributed by atoms with Crippen LogP contribution in [-0.4, -0.2) is 15.9 Å². The van der Waals surface area contributed by atoms with Gasteiger partial charge in [0.15, 0.2) is 0 Å². The molecule has 2 aromatic carbocycles. The second-order valence-electron chi connectivity index (χ2n) is 5.42. The molecule has 0 saturated heterocycles. The minimum atomic E-state index is -0.370. The number of aromatic nitrogens is 2. The fraction of sp³-hybridized carbons (Fsp3) is 0.0526. The maximum Gasteiger partial charge on any atom is 0.270 e. The molecule has 1 aromatic heterocycles. The Morgan fingerprint density at radius 3 is 2.69 bits per heavy atom. The molecule has 0 unspecified atom stereocenters. The molecule has 3 aromatic rings. The molecule has 26 heavy (non-hydrogen) atoms. The topological polar surface area (TPSA) is 90.7 Å². The largest absolute Gasteiger partial charge is 0.347 e. The van der Waals surface area contributed by atoms with Crippen LogP contribution in [0, 0.1) is 17.1 Å². The highest BCUT2D eigenvalue weighted by Crippen LogP contribution is 2.16. The Kier molecular flexibility index (Phi) is 5.15. The summed E-state index contributed by atoms with van der Waals surface area (Å²) in [6, 6.07) is 16.4. The molecule has 0 radical (unpaired) electrons. The van der Waals surface area contributed by atoms with Gasteiger partial charge in [-0.05, 0) is 35.9 Å². The van der Waals surface area contributed by atoms with Crippen molar-refractivity contribution in [3.8, 4) is 6.07 Å². The molecule has 0 atom stereocenters. The van der Waals surface area contributed by atoms with Gasteiger partial charge in [-0.25, -0.2) is 14.4 Å². The van der Waals surface area contributed by atoms with Crippen molar-refractivity contribution in [1.29, 1.82) is 5.26 Å².